The molecule has 3 aromatic rings. The summed E-state index contributed by atoms with van der Waals surface area (Å²) in [6.07, 6.45) is 1.62. The molecule has 0 spiro atoms. The number of rotatable bonds is 7. The number of halogens is 1. The SMILES string of the molecule is COc1ccc(-n2cnnc2SCC(=O)NC(C)c2cccc(Cl)c2)cc1. The number of benzene rings is 2. The van der Waals surface area contributed by atoms with Crippen molar-refractivity contribution in [1.82, 2.24) is 20.1 Å². The highest BCUT2D eigenvalue weighted by molar-refractivity contribution is 7.99. The van der Waals surface area contributed by atoms with Crippen molar-refractivity contribution in [2.75, 3.05) is 12.9 Å². The number of hydrogen-bond acceptors (Lipinski definition) is 5. The Kier molecular flexibility index (Phi) is 6.36. The van der Waals surface area contributed by atoms with Crippen LogP contribution in [0.3, 0.4) is 0 Å². The van der Waals surface area contributed by atoms with Gasteiger partial charge in [0.1, 0.15) is 12.1 Å². The molecule has 0 bridgehead atoms. The molecule has 0 aliphatic rings. The van der Waals surface area contributed by atoms with Crippen LogP contribution < -0.4 is 10.1 Å². The number of hydrogen-bond donors (Lipinski definition) is 1. The molecule has 0 fully saturated rings. The van der Waals surface area contributed by atoms with E-state index in [2.05, 4.69) is 15.5 Å². The van der Waals surface area contributed by atoms with Crippen LogP contribution in [0.25, 0.3) is 5.69 Å². The lowest BCUT2D eigenvalue weighted by molar-refractivity contribution is -0.119. The lowest BCUT2D eigenvalue weighted by atomic mass is 10.1. The molecule has 6 nitrogen and oxygen atoms in total. The van der Waals surface area contributed by atoms with E-state index in [9.17, 15) is 4.79 Å². The summed E-state index contributed by atoms with van der Waals surface area (Å²) in [6, 6.07) is 14.9. The number of carbonyl (C=O) groups excluding carboxylic acids is 1. The fraction of sp³-hybridized carbons (Fsp3) is 0.211. The summed E-state index contributed by atoms with van der Waals surface area (Å²) in [5, 5.41) is 12.3. The van der Waals surface area contributed by atoms with E-state index in [1.54, 1.807) is 19.5 Å². The van der Waals surface area contributed by atoms with Crippen molar-refractivity contribution in [1.29, 1.82) is 0 Å². The van der Waals surface area contributed by atoms with Crippen molar-refractivity contribution >= 4 is 29.3 Å². The Morgan fingerprint density at radius 2 is 2.07 bits per heavy atom. The van der Waals surface area contributed by atoms with E-state index >= 15 is 0 Å². The van der Waals surface area contributed by atoms with Gasteiger partial charge in [-0.05, 0) is 48.9 Å². The molecular formula is C19H19ClN4O2S. The second-order valence-corrected chi connectivity index (χ2v) is 7.19. The van der Waals surface area contributed by atoms with Gasteiger partial charge in [-0.15, -0.1) is 10.2 Å². The maximum Gasteiger partial charge on any atom is 0.230 e. The van der Waals surface area contributed by atoms with E-state index in [1.165, 1.54) is 11.8 Å². The Morgan fingerprint density at radius 1 is 1.30 bits per heavy atom. The minimum absolute atomic E-state index is 0.0863. The number of amides is 1. The standard InChI is InChI=1S/C19H19ClN4O2S/c1-13(14-4-3-5-15(20)10-14)22-18(25)11-27-19-23-21-12-24(19)16-6-8-17(26-2)9-7-16/h3-10,12-13H,11H2,1-2H3,(H,22,25). The topological polar surface area (TPSA) is 69.0 Å². The van der Waals surface area contributed by atoms with Gasteiger partial charge in [0.25, 0.3) is 0 Å². The van der Waals surface area contributed by atoms with E-state index in [0.29, 0.717) is 10.2 Å². The largest absolute Gasteiger partial charge is 0.497 e. The number of aromatic nitrogens is 3. The summed E-state index contributed by atoms with van der Waals surface area (Å²) >= 11 is 7.33. The summed E-state index contributed by atoms with van der Waals surface area (Å²) in [4.78, 5) is 12.3. The molecule has 0 saturated carbocycles. The van der Waals surface area contributed by atoms with Gasteiger partial charge >= 0.3 is 0 Å². The molecule has 27 heavy (non-hydrogen) atoms. The Bertz CT molecular complexity index is 914. The van der Waals surface area contributed by atoms with Crippen molar-refractivity contribution in [3.05, 3.63) is 65.4 Å². The van der Waals surface area contributed by atoms with E-state index in [4.69, 9.17) is 16.3 Å². The van der Waals surface area contributed by atoms with Gasteiger partial charge in [-0.1, -0.05) is 35.5 Å². The number of nitrogens with one attached hydrogen (secondary N) is 1. The van der Waals surface area contributed by atoms with Crippen LogP contribution in [0.15, 0.2) is 60.0 Å². The summed E-state index contributed by atoms with van der Waals surface area (Å²) in [7, 11) is 1.62. The van der Waals surface area contributed by atoms with Crippen molar-refractivity contribution in [2.45, 2.75) is 18.1 Å². The molecule has 1 N–H and O–H groups in total. The second kappa shape index (κ2) is 8.92. The van der Waals surface area contributed by atoms with Crippen LogP contribution in [-0.4, -0.2) is 33.5 Å². The highest BCUT2D eigenvalue weighted by atomic mass is 35.5. The van der Waals surface area contributed by atoms with Crippen LogP contribution in [-0.2, 0) is 4.79 Å². The molecule has 3 rings (SSSR count). The molecule has 1 atom stereocenters. The minimum Gasteiger partial charge on any atom is -0.497 e. The maximum atomic E-state index is 12.3. The van der Waals surface area contributed by atoms with Gasteiger partial charge in [0.05, 0.1) is 18.9 Å². The zero-order chi connectivity index (χ0) is 19.2. The fourth-order valence-electron chi connectivity index (χ4n) is 2.52. The van der Waals surface area contributed by atoms with Crippen LogP contribution in [0.4, 0.5) is 0 Å². The monoisotopic (exact) mass is 402 g/mol. The smallest absolute Gasteiger partial charge is 0.230 e. The molecule has 1 amide bonds. The number of nitrogens with zero attached hydrogens (tertiary/aromatic N) is 3. The molecule has 1 unspecified atom stereocenters. The van der Waals surface area contributed by atoms with E-state index in [0.717, 1.165) is 17.0 Å². The van der Waals surface area contributed by atoms with Crippen LogP contribution >= 0.6 is 23.4 Å². The molecule has 0 aliphatic carbocycles. The van der Waals surface area contributed by atoms with Crippen molar-refractivity contribution in [2.24, 2.45) is 0 Å². The zero-order valence-electron chi connectivity index (χ0n) is 14.9. The third-order valence-electron chi connectivity index (χ3n) is 3.93. The first-order chi connectivity index (χ1) is 13.1. The summed E-state index contributed by atoms with van der Waals surface area (Å²) in [5.41, 5.74) is 1.86. The highest BCUT2D eigenvalue weighted by Gasteiger charge is 2.13. The van der Waals surface area contributed by atoms with Crippen molar-refractivity contribution < 1.29 is 9.53 Å². The molecule has 0 saturated heterocycles. The molecule has 2 aromatic carbocycles. The zero-order valence-corrected chi connectivity index (χ0v) is 16.5. The summed E-state index contributed by atoms with van der Waals surface area (Å²) in [6.45, 7) is 1.92. The van der Waals surface area contributed by atoms with E-state index in [-0.39, 0.29) is 17.7 Å². The predicted octanol–water partition coefficient (Wildman–Crippen LogP) is 3.90. The van der Waals surface area contributed by atoms with E-state index in [1.807, 2.05) is 54.0 Å². The van der Waals surface area contributed by atoms with Crippen molar-refractivity contribution in [3.8, 4) is 11.4 Å². The average Bonchev–Trinajstić information content (AvgIpc) is 3.15. The van der Waals surface area contributed by atoms with Gasteiger partial charge in [0.15, 0.2) is 5.16 Å². The average molecular weight is 403 g/mol. The Hall–Kier alpha value is -2.51. The Morgan fingerprint density at radius 3 is 2.78 bits per heavy atom. The first-order valence-electron chi connectivity index (χ1n) is 8.29. The first-order valence-corrected chi connectivity index (χ1v) is 9.65. The number of methoxy groups -OCH3 is 1. The summed E-state index contributed by atoms with van der Waals surface area (Å²) < 4.78 is 7.00. The molecular weight excluding hydrogens is 384 g/mol. The van der Waals surface area contributed by atoms with Crippen LogP contribution in [0.5, 0.6) is 5.75 Å². The molecule has 8 heteroatoms. The lowest BCUT2D eigenvalue weighted by Crippen LogP contribution is -2.28. The molecule has 1 aromatic heterocycles. The molecule has 1 heterocycles. The van der Waals surface area contributed by atoms with Gasteiger partial charge in [0.2, 0.25) is 5.91 Å². The van der Waals surface area contributed by atoms with Gasteiger partial charge in [0, 0.05) is 10.7 Å². The fourth-order valence-corrected chi connectivity index (χ4v) is 3.45. The van der Waals surface area contributed by atoms with Crippen LogP contribution in [0, 0.1) is 0 Å². The quantitative estimate of drug-likeness (QED) is 0.607. The minimum atomic E-state index is -0.128. The van der Waals surface area contributed by atoms with Gasteiger partial charge in [-0.2, -0.15) is 0 Å². The third kappa shape index (κ3) is 5.02. The van der Waals surface area contributed by atoms with Gasteiger partial charge < -0.3 is 10.1 Å². The number of carbonyl (C=O) groups is 1. The van der Waals surface area contributed by atoms with Crippen molar-refractivity contribution in [3.63, 3.8) is 0 Å². The third-order valence-corrected chi connectivity index (χ3v) is 5.10. The van der Waals surface area contributed by atoms with Gasteiger partial charge in [-0.3, -0.25) is 9.36 Å². The normalized spacial score (nSPS) is 11.8. The summed E-state index contributed by atoms with van der Waals surface area (Å²) in [5.74, 6) is 0.923. The molecule has 0 radical (unpaired) electrons. The lowest BCUT2D eigenvalue weighted by Gasteiger charge is -2.14. The molecule has 0 aliphatic heterocycles. The number of thioether (sulfide) groups is 1. The Balaban J connectivity index is 1.60. The number of ether oxygens (including phenoxy) is 1. The van der Waals surface area contributed by atoms with Crippen LogP contribution in [0.2, 0.25) is 5.02 Å². The van der Waals surface area contributed by atoms with Crippen LogP contribution in [0.1, 0.15) is 18.5 Å². The second-order valence-electron chi connectivity index (χ2n) is 5.81. The van der Waals surface area contributed by atoms with Gasteiger partial charge in [-0.25, -0.2) is 0 Å². The predicted molar refractivity (Wildman–Crippen MR) is 107 cm³/mol. The molecule has 140 valence electrons. The Labute approximate surface area is 166 Å². The maximum absolute atomic E-state index is 12.3. The highest BCUT2D eigenvalue weighted by Crippen LogP contribution is 2.22. The van der Waals surface area contributed by atoms with E-state index < -0.39 is 0 Å². The first kappa shape index (κ1) is 19.3.